The first kappa shape index (κ1) is 20.1. The monoisotopic (exact) mass is 304 g/mol. The fourth-order valence-electron chi connectivity index (χ4n) is 2.39. The minimum atomic E-state index is -1.88. The molecule has 0 spiro atoms. The lowest BCUT2D eigenvalue weighted by Gasteiger charge is -2.25. The molecule has 0 aliphatic heterocycles. The van der Waals surface area contributed by atoms with Crippen molar-refractivity contribution in [3.8, 4) is 0 Å². The Bertz CT molecular complexity index is 208. The quantitative estimate of drug-likeness (QED) is 0.395. The van der Waals surface area contributed by atoms with Crippen molar-refractivity contribution in [2.24, 2.45) is 0 Å². The number of rotatable bonds is 14. The van der Waals surface area contributed by atoms with Gasteiger partial charge in [0.25, 0.3) is 0 Å². The van der Waals surface area contributed by atoms with Gasteiger partial charge in [0.1, 0.15) is 0 Å². The normalized spacial score (nSPS) is 12.3. The van der Waals surface area contributed by atoms with Crippen LogP contribution in [-0.2, 0) is 8.85 Å². The van der Waals surface area contributed by atoms with E-state index in [0.29, 0.717) is 0 Å². The van der Waals surface area contributed by atoms with E-state index in [1.165, 1.54) is 12.8 Å². The highest BCUT2D eigenvalue weighted by Crippen LogP contribution is 2.16. The van der Waals surface area contributed by atoms with E-state index in [4.69, 9.17) is 8.85 Å². The summed E-state index contributed by atoms with van der Waals surface area (Å²) in [7, 11) is -1.88. The summed E-state index contributed by atoms with van der Waals surface area (Å²) >= 11 is 0. The van der Waals surface area contributed by atoms with E-state index >= 15 is 0 Å². The molecule has 0 saturated carbocycles. The molecular formula is C15H36N2O2Si. The van der Waals surface area contributed by atoms with Gasteiger partial charge in [0.2, 0.25) is 0 Å². The molecule has 1 N–H and O–H groups in total. The molecule has 4 nitrogen and oxygen atoms in total. The summed E-state index contributed by atoms with van der Waals surface area (Å²) in [6, 6.07) is 1.10. The van der Waals surface area contributed by atoms with Gasteiger partial charge in [0.05, 0.1) is 0 Å². The predicted octanol–water partition coefficient (Wildman–Crippen LogP) is 2.84. The van der Waals surface area contributed by atoms with E-state index in [-0.39, 0.29) is 0 Å². The van der Waals surface area contributed by atoms with Gasteiger partial charge >= 0.3 is 8.56 Å². The third-order valence-electron chi connectivity index (χ3n) is 3.63. The Morgan fingerprint density at radius 3 is 2.00 bits per heavy atom. The maximum Gasteiger partial charge on any atom is 0.334 e. The zero-order valence-electron chi connectivity index (χ0n) is 14.3. The zero-order chi connectivity index (χ0) is 15.3. The van der Waals surface area contributed by atoms with Crippen LogP contribution in [0.5, 0.6) is 0 Å². The lowest BCUT2D eigenvalue weighted by Crippen LogP contribution is -2.38. The van der Waals surface area contributed by atoms with Gasteiger partial charge in [-0.3, -0.25) is 0 Å². The molecule has 5 heteroatoms. The molecule has 0 rings (SSSR count). The van der Waals surface area contributed by atoms with Gasteiger partial charge in [-0.05, 0) is 52.5 Å². The largest absolute Gasteiger partial charge is 0.395 e. The molecule has 0 aromatic carbocycles. The molecule has 0 aromatic heterocycles. The van der Waals surface area contributed by atoms with Crippen LogP contribution in [0.3, 0.4) is 0 Å². The molecule has 0 aliphatic carbocycles. The Kier molecular flexibility index (Phi) is 12.8. The van der Waals surface area contributed by atoms with Crippen LogP contribution in [0.2, 0.25) is 12.6 Å². The highest BCUT2D eigenvalue weighted by molar-refractivity contribution is 6.66. The maximum absolute atomic E-state index is 5.85. The number of hydrogen-bond acceptors (Lipinski definition) is 4. The lowest BCUT2D eigenvalue weighted by molar-refractivity contribution is 0.188. The molecule has 0 heterocycles. The first-order valence-electron chi connectivity index (χ1n) is 8.32. The standard InChI is InChI=1S/C15H36N2O2Si/c1-6-17(7-2)14-13-16-12-10-11-15-20(5,18-8-3)19-9-4/h16H,6-15H2,1-5H3. The van der Waals surface area contributed by atoms with E-state index < -0.39 is 8.56 Å². The predicted molar refractivity (Wildman–Crippen MR) is 89.6 cm³/mol. The molecule has 0 unspecified atom stereocenters. The SMILES string of the molecule is CCO[Si](C)(CCCCNCCN(CC)CC)OCC. The van der Waals surface area contributed by atoms with Gasteiger partial charge in [0.15, 0.2) is 0 Å². The van der Waals surface area contributed by atoms with E-state index in [1.54, 1.807) is 0 Å². The van der Waals surface area contributed by atoms with Crippen LogP contribution >= 0.6 is 0 Å². The summed E-state index contributed by atoms with van der Waals surface area (Å²) < 4.78 is 11.7. The van der Waals surface area contributed by atoms with Crippen LogP contribution in [0.4, 0.5) is 0 Å². The zero-order valence-corrected chi connectivity index (χ0v) is 15.3. The molecule has 0 atom stereocenters. The lowest BCUT2D eigenvalue weighted by atomic mass is 10.3. The molecule has 0 saturated heterocycles. The van der Waals surface area contributed by atoms with Crippen molar-refractivity contribution in [1.82, 2.24) is 10.2 Å². The summed E-state index contributed by atoms with van der Waals surface area (Å²) in [4.78, 5) is 2.45. The molecule has 0 aliphatic rings. The Labute approximate surface area is 127 Å². The fourth-order valence-corrected chi connectivity index (χ4v) is 4.88. The second-order valence-corrected chi connectivity index (χ2v) is 8.58. The van der Waals surface area contributed by atoms with E-state index in [9.17, 15) is 0 Å². The molecule has 0 radical (unpaired) electrons. The third-order valence-corrected chi connectivity index (χ3v) is 6.69. The minimum absolute atomic E-state index is 0.769. The van der Waals surface area contributed by atoms with Crippen LogP contribution in [-0.4, -0.2) is 59.4 Å². The van der Waals surface area contributed by atoms with Crippen LogP contribution in [0.1, 0.15) is 40.5 Å². The first-order chi connectivity index (χ1) is 9.61. The summed E-state index contributed by atoms with van der Waals surface area (Å²) in [6.45, 7) is 17.9. The van der Waals surface area contributed by atoms with Gasteiger partial charge in [-0.15, -0.1) is 0 Å². The van der Waals surface area contributed by atoms with Crippen LogP contribution in [0.25, 0.3) is 0 Å². The summed E-state index contributed by atoms with van der Waals surface area (Å²) in [5.74, 6) is 0. The van der Waals surface area contributed by atoms with Crippen LogP contribution < -0.4 is 5.32 Å². The van der Waals surface area contributed by atoms with Crippen LogP contribution in [0.15, 0.2) is 0 Å². The summed E-state index contributed by atoms with van der Waals surface area (Å²) in [6.07, 6.45) is 2.40. The van der Waals surface area contributed by atoms with Crippen molar-refractivity contribution in [1.29, 1.82) is 0 Å². The Morgan fingerprint density at radius 2 is 1.50 bits per heavy atom. The van der Waals surface area contributed by atoms with Crippen molar-refractivity contribution in [2.75, 3.05) is 45.9 Å². The number of hydrogen-bond donors (Lipinski definition) is 1. The van der Waals surface area contributed by atoms with Gasteiger partial charge in [-0.2, -0.15) is 0 Å². The Balaban J connectivity index is 3.59. The van der Waals surface area contributed by atoms with Gasteiger partial charge < -0.3 is 19.1 Å². The molecular weight excluding hydrogens is 268 g/mol. The van der Waals surface area contributed by atoms with E-state index in [1.807, 2.05) is 0 Å². The second kappa shape index (κ2) is 12.8. The van der Waals surface area contributed by atoms with Gasteiger partial charge in [0, 0.05) is 26.3 Å². The van der Waals surface area contributed by atoms with Gasteiger partial charge in [-0.25, -0.2) is 0 Å². The van der Waals surface area contributed by atoms with Gasteiger partial charge in [-0.1, -0.05) is 20.3 Å². The van der Waals surface area contributed by atoms with E-state index in [2.05, 4.69) is 44.5 Å². The number of unbranched alkanes of at least 4 members (excludes halogenated alkanes) is 1. The average Bonchev–Trinajstić information content (AvgIpc) is 2.42. The van der Waals surface area contributed by atoms with Crippen molar-refractivity contribution in [3.63, 3.8) is 0 Å². The number of likely N-dealkylation sites (N-methyl/N-ethyl adjacent to an activating group) is 1. The van der Waals surface area contributed by atoms with Crippen molar-refractivity contribution in [2.45, 2.75) is 53.1 Å². The minimum Gasteiger partial charge on any atom is -0.395 e. The maximum atomic E-state index is 5.85. The highest BCUT2D eigenvalue weighted by atomic mass is 28.4. The molecule has 0 bridgehead atoms. The Morgan fingerprint density at radius 1 is 0.900 bits per heavy atom. The average molecular weight is 305 g/mol. The molecule has 122 valence electrons. The Hall–Kier alpha value is 0.0569. The number of nitrogens with zero attached hydrogens (tertiary/aromatic N) is 1. The topological polar surface area (TPSA) is 33.7 Å². The first-order valence-corrected chi connectivity index (χ1v) is 10.8. The van der Waals surface area contributed by atoms with Crippen molar-refractivity contribution in [3.05, 3.63) is 0 Å². The fraction of sp³-hybridized carbons (Fsp3) is 1.00. The van der Waals surface area contributed by atoms with Crippen molar-refractivity contribution < 1.29 is 8.85 Å². The second-order valence-electron chi connectivity index (χ2n) is 5.23. The summed E-state index contributed by atoms with van der Waals surface area (Å²) in [5.41, 5.74) is 0. The smallest absolute Gasteiger partial charge is 0.334 e. The molecule has 0 aromatic rings. The highest BCUT2D eigenvalue weighted by Gasteiger charge is 2.29. The van der Waals surface area contributed by atoms with E-state index in [0.717, 1.165) is 52.0 Å². The number of nitrogens with one attached hydrogen (secondary N) is 1. The molecule has 20 heavy (non-hydrogen) atoms. The molecule has 0 amide bonds. The van der Waals surface area contributed by atoms with Crippen molar-refractivity contribution >= 4 is 8.56 Å². The third kappa shape index (κ3) is 9.88. The van der Waals surface area contributed by atoms with Crippen LogP contribution in [0, 0.1) is 0 Å². The molecule has 0 fully saturated rings. The summed E-state index contributed by atoms with van der Waals surface area (Å²) in [5, 5.41) is 3.53.